The Morgan fingerprint density at radius 2 is 1.89 bits per heavy atom. The molecule has 2 atom stereocenters. The number of β-amino-alcohol motifs (C(OH)–C–C–N with tert-alkyl or cyclic N) is 1. The number of rotatable bonds is 4. The molecule has 3 nitrogen and oxygen atoms in total. The van der Waals surface area contributed by atoms with Gasteiger partial charge in [0.2, 0.25) is 0 Å². The molecule has 0 unspecified atom stereocenters. The van der Waals surface area contributed by atoms with E-state index in [0.29, 0.717) is 12.0 Å². The summed E-state index contributed by atoms with van der Waals surface area (Å²) in [5, 5.41) is 8.98. The number of hydrogen-bond donors (Lipinski definition) is 1. The average molecular weight is 264 g/mol. The third-order valence-corrected chi connectivity index (χ3v) is 5.87. The molecule has 108 valence electrons. The van der Waals surface area contributed by atoms with E-state index in [1.54, 1.807) is 5.57 Å². The molecule has 3 aliphatic carbocycles. The van der Waals surface area contributed by atoms with Gasteiger partial charge in [0.05, 0.1) is 6.61 Å². The number of aliphatic hydroxyl groups excluding tert-OH is 1. The topological polar surface area (TPSA) is 26.7 Å². The summed E-state index contributed by atoms with van der Waals surface area (Å²) in [6.07, 6.45) is 5.27. The molecule has 2 fully saturated rings. The summed E-state index contributed by atoms with van der Waals surface area (Å²) in [4.78, 5) is 4.98. The van der Waals surface area contributed by atoms with Crippen molar-refractivity contribution in [3.8, 4) is 0 Å². The Hall–Kier alpha value is -0.380. The van der Waals surface area contributed by atoms with Crippen LogP contribution in [0.5, 0.6) is 0 Å². The van der Waals surface area contributed by atoms with Gasteiger partial charge in [-0.15, -0.1) is 0 Å². The summed E-state index contributed by atoms with van der Waals surface area (Å²) in [7, 11) is 0. The largest absolute Gasteiger partial charge is 0.395 e. The molecule has 0 aromatic carbocycles. The fourth-order valence-electron chi connectivity index (χ4n) is 4.23. The first-order chi connectivity index (χ1) is 9.11. The maximum absolute atomic E-state index is 8.98. The van der Waals surface area contributed by atoms with Crippen molar-refractivity contribution in [2.45, 2.75) is 26.7 Å². The van der Waals surface area contributed by atoms with E-state index in [4.69, 9.17) is 5.11 Å². The maximum Gasteiger partial charge on any atom is 0.0558 e. The Morgan fingerprint density at radius 3 is 2.47 bits per heavy atom. The summed E-state index contributed by atoms with van der Waals surface area (Å²) in [5.74, 6) is 1.80. The van der Waals surface area contributed by atoms with Gasteiger partial charge in [-0.2, -0.15) is 0 Å². The molecule has 1 heterocycles. The smallest absolute Gasteiger partial charge is 0.0558 e. The minimum atomic E-state index is 0.294. The van der Waals surface area contributed by atoms with Crippen LogP contribution in [-0.4, -0.2) is 60.8 Å². The van der Waals surface area contributed by atoms with Gasteiger partial charge in [0.25, 0.3) is 0 Å². The van der Waals surface area contributed by atoms with Gasteiger partial charge in [-0.25, -0.2) is 0 Å². The van der Waals surface area contributed by atoms with Crippen LogP contribution in [0, 0.1) is 17.3 Å². The SMILES string of the molecule is CC1(C)[C@H]2CC=C(CN3CCN(CCO)CC3)[C@@H]1C2. The standard InChI is InChI=1S/C16H28N2O/c1-16(2)14-4-3-13(15(16)11-14)12-18-7-5-17(6-8-18)9-10-19/h3,14-15,19H,4-12H2,1-2H3/t14-,15-/m0/s1. The van der Waals surface area contributed by atoms with Crippen LogP contribution in [0.1, 0.15) is 26.7 Å². The van der Waals surface area contributed by atoms with Crippen LogP contribution in [0.15, 0.2) is 11.6 Å². The second kappa shape index (κ2) is 5.19. The lowest BCUT2D eigenvalue weighted by Gasteiger charge is -2.57. The van der Waals surface area contributed by atoms with E-state index in [0.717, 1.165) is 44.6 Å². The summed E-state index contributed by atoms with van der Waals surface area (Å²) in [6, 6.07) is 0. The fraction of sp³-hybridized carbons (Fsp3) is 0.875. The van der Waals surface area contributed by atoms with Gasteiger partial charge in [-0.1, -0.05) is 25.5 Å². The molecule has 3 heteroatoms. The molecule has 1 aliphatic heterocycles. The van der Waals surface area contributed by atoms with Crippen molar-refractivity contribution in [1.29, 1.82) is 0 Å². The third-order valence-electron chi connectivity index (χ3n) is 5.87. The minimum absolute atomic E-state index is 0.294. The van der Waals surface area contributed by atoms with Crippen LogP contribution in [0.2, 0.25) is 0 Å². The zero-order valence-corrected chi connectivity index (χ0v) is 12.4. The van der Waals surface area contributed by atoms with Crippen LogP contribution in [0.25, 0.3) is 0 Å². The molecule has 0 radical (unpaired) electrons. The zero-order valence-electron chi connectivity index (χ0n) is 12.4. The van der Waals surface area contributed by atoms with Gasteiger partial charge in [0.15, 0.2) is 0 Å². The quantitative estimate of drug-likeness (QED) is 0.781. The number of allylic oxidation sites excluding steroid dienone is 1. The van der Waals surface area contributed by atoms with Gasteiger partial charge in [-0.05, 0) is 30.1 Å². The van der Waals surface area contributed by atoms with Gasteiger partial charge >= 0.3 is 0 Å². The molecular weight excluding hydrogens is 236 g/mol. The highest BCUT2D eigenvalue weighted by molar-refractivity contribution is 5.24. The van der Waals surface area contributed by atoms with Gasteiger partial charge in [-0.3, -0.25) is 9.80 Å². The van der Waals surface area contributed by atoms with E-state index in [1.807, 2.05) is 0 Å². The van der Waals surface area contributed by atoms with Crippen molar-refractivity contribution < 1.29 is 5.11 Å². The predicted octanol–water partition coefficient (Wildman–Crippen LogP) is 1.59. The van der Waals surface area contributed by atoms with Crippen molar-refractivity contribution in [1.82, 2.24) is 9.80 Å². The molecular formula is C16H28N2O. The lowest BCUT2D eigenvalue weighted by molar-refractivity contribution is -0.0122. The number of nitrogens with zero attached hydrogens (tertiary/aromatic N) is 2. The lowest BCUT2D eigenvalue weighted by atomic mass is 9.49. The summed E-state index contributed by atoms with van der Waals surface area (Å²) < 4.78 is 0. The van der Waals surface area contributed by atoms with Crippen LogP contribution >= 0.6 is 0 Å². The van der Waals surface area contributed by atoms with Crippen molar-refractivity contribution in [3.63, 3.8) is 0 Å². The Labute approximate surface area is 117 Å². The lowest BCUT2D eigenvalue weighted by Crippen LogP contribution is -2.52. The molecule has 0 spiro atoms. The molecule has 0 aromatic heterocycles. The van der Waals surface area contributed by atoms with E-state index < -0.39 is 0 Å². The van der Waals surface area contributed by atoms with E-state index >= 15 is 0 Å². The molecule has 4 rings (SSSR count). The van der Waals surface area contributed by atoms with Crippen molar-refractivity contribution in [2.75, 3.05) is 45.9 Å². The fourth-order valence-corrected chi connectivity index (χ4v) is 4.23. The van der Waals surface area contributed by atoms with Crippen molar-refractivity contribution >= 4 is 0 Å². The molecule has 1 saturated heterocycles. The minimum Gasteiger partial charge on any atom is -0.395 e. The van der Waals surface area contributed by atoms with Crippen LogP contribution in [-0.2, 0) is 0 Å². The molecule has 4 aliphatic rings. The number of hydrogen-bond acceptors (Lipinski definition) is 3. The Morgan fingerprint density at radius 1 is 1.21 bits per heavy atom. The molecule has 1 N–H and O–H groups in total. The van der Waals surface area contributed by atoms with Crippen LogP contribution in [0.4, 0.5) is 0 Å². The molecule has 1 saturated carbocycles. The molecule has 0 amide bonds. The van der Waals surface area contributed by atoms with Crippen molar-refractivity contribution in [2.24, 2.45) is 17.3 Å². The predicted molar refractivity (Wildman–Crippen MR) is 78.0 cm³/mol. The first kappa shape index (κ1) is 13.6. The summed E-state index contributed by atoms with van der Waals surface area (Å²) in [5.41, 5.74) is 2.27. The Kier molecular flexibility index (Phi) is 3.71. The van der Waals surface area contributed by atoms with Gasteiger partial charge < -0.3 is 5.11 Å². The molecule has 19 heavy (non-hydrogen) atoms. The van der Waals surface area contributed by atoms with E-state index in [1.165, 1.54) is 19.4 Å². The highest BCUT2D eigenvalue weighted by atomic mass is 16.3. The van der Waals surface area contributed by atoms with Crippen LogP contribution < -0.4 is 0 Å². The summed E-state index contributed by atoms with van der Waals surface area (Å²) in [6.45, 7) is 11.8. The zero-order chi connectivity index (χ0) is 13.5. The number of fused-ring (bicyclic) bond motifs is 1. The monoisotopic (exact) mass is 264 g/mol. The number of piperazine rings is 1. The Balaban J connectivity index is 1.52. The second-order valence-electron chi connectivity index (χ2n) is 7.16. The molecule has 2 bridgehead atoms. The Bertz CT molecular complexity index is 356. The molecule has 0 aromatic rings. The average Bonchev–Trinajstić information content (AvgIpc) is 2.41. The first-order valence-electron chi connectivity index (χ1n) is 7.85. The normalized spacial score (nSPS) is 34.8. The van der Waals surface area contributed by atoms with Gasteiger partial charge in [0.1, 0.15) is 0 Å². The third kappa shape index (κ3) is 2.48. The summed E-state index contributed by atoms with van der Waals surface area (Å²) >= 11 is 0. The van der Waals surface area contributed by atoms with E-state index in [-0.39, 0.29) is 0 Å². The van der Waals surface area contributed by atoms with Crippen molar-refractivity contribution in [3.05, 3.63) is 11.6 Å². The highest BCUT2D eigenvalue weighted by Crippen LogP contribution is 2.59. The highest BCUT2D eigenvalue weighted by Gasteiger charge is 2.51. The van der Waals surface area contributed by atoms with Crippen LogP contribution in [0.3, 0.4) is 0 Å². The van der Waals surface area contributed by atoms with E-state index in [2.05, 4.69) is 29.7 Å². The maximum atomic E-state index is 8.98. The second-order valence-corrected chi connectivity index (χ2v) is 7.16. The first-order valence-corrected chi connectivity index (χ1v) is 7.85. The van der Waals surface area contributed by atoms with Gasteiger partial charge in [0, 0.05) is 39.3 Å². The van der Waals surface area contributed by atoms with E-state index in [9.17, 15) is 0 Å². The number of aliphatic hydroxyl groups is 1.